The van der Waals surface area contributed by atoms with Gasteiger partial charge in [-0.2, -0.15) is 0 Å². The summed E-state index contributed by atoms with van der Waals surface area (Å²) in [7, 11) is 0. The molecule has 2 aliphatic rings. The second-order valence-corrected chi connectivity index (χ2v) is 7.68. The van der Waals surface area contributed by atoms with Crippen molar-refractivity contribution < 1.29 is 13.9 Å². The van der Waals surface area contributed by atoms with Gasteiger partial charge in [-0.05, 0) is 50.5 Å². The topological polar surface area (TPSA) is 39.4 Å². The highest BCUT2D eigenvalue weighted by atomic mass is 16.6. The second-order valence-electron chi connectivity index (χ2n) is 7.68. The van der Waals surface area contributed by atoms with Crippen LogP contribution >= 0.6 is 0 Å². The molecule has 3 heteroatoms. The number of carbonyl (C=O) groups excluding carboxylic acids is 1. The van der Waals surface area contributed by atoms with E-state index in [9.17, 15) is 4.79 Å². The first-order valence-electron chi connectivity index (χ1n) is 8.79. The fourth-order valence-electron chi connectivity index (χ4n) is 4.45. The summed E-state index contributed by atoms with van der Waals surface area (Å²) in [5.74, 6) is 1.64. The van der Waals surface area contributed by atoms with Crippen molar-refractivity contribution in [2.75, 3.05) is 0 Å². The van der Waals surface area contributed by atoms with E-state index in [1.165, 1.54) is 24.0 Å². The Morgan fingerprint density at radius 1 is 1.43 bits per heavy atom. The lowest BCUT2D eigenvalue weighted by atomic mass is 9.55. The molecule has 0 aliphatic heterocycles. The molecule has 0 spiro atoms. The van der Waals surface area contributed by atoms with Crippen LogP contribution in [0.5, 0.6) is 0 Å². The number of hydrogen-bond donors (Lipinski definition) is 0. The number of fused-ring (bicyclic) bond motifs is 2. The van der Waals surface area contributed by atoms with Crippen LogP contribution in [0.4, 0.5) is 0 Å². The molecule has 1 aromatic rings. The molecular weight excluding hydrogens is 288 g/mol. The van der Waals surface area contributed by atoms with Gasteiger partial charge in [0.25, 0.3) is 0 Å². The maximum absolute atomic E-state index is 12.4. The summed E-state index contributed by atoms with van der Waals surface area (Å²) >= 11 is 0. The van der Waals surface area contributed by atoms with E-state index in [4.69, 9.17) is 9.15 Å². The Bertz CT molecular complexity index is 639. The van der Waals surface area contributed by atoms with Crippen LogP contribution < -0.4 is 0 Å². The number of aryl methyl sites for hydroxylation is 1. The van der Waals surface area contributed by atoms with E-state index < -0.39 is 0 Å². The van der Waals surface area contributed by atoms with E-state index in [-0.39, 0.29) is 17.5 Å². The summed E-state index contributed by atoms with van der Waals surface area (Å²) in [6, 6.07) is 0. The molecule has 126 valence electrons. The highest BCUT2D eigenvalue weighted by Crippen LogP contribution is 2.57. The van der Waals surface area contributed by atoms with Gasteiger partial charge >= 0.3 is 5.97 Å². The van der Waals surface area contributed by atoms with Crippen LogP contribution in [-0.2, 0) is 16.0 Å². The zero-order valence-corrected chi connectivity index (χ0v) is 14.9. The monoisotopic (exact) mass is 316 g/mol. The van der Waals surface area contributed by atoms with Crippen molar-refractivity contribution in [3.8, 4) is 0 Å². The zero-order chi connectivity index (χ0) is 16.8. The van der Waals surface area contributed by atoms with Crippen LogP contribution in [0.1, 0.15) is 69.9 Å². The third kappa shape index (κ3) is 2.54. The van der Waals surface area contributed by atoms with Gasteiger partial charge in [-0.15, -0.1) is 0 Å². The first kappa shape index (κ1) is 16.4. The molecule has 0 radical (unpaired) electrons. The molecule has 0 bridgehead atoms. The van der Waals surface area contributed by atoms with Crippen molar-refractivity contribution in [3.63, 3.8) is 0 Å². The average molecular weight is 316 g/mol. The third-order valence-electron chi connectivity index (χ3n) is 6.43. The Hall–Kier alpha value is -1.51. The van der Waals surface area contributed by atoms with E-state index in [0.717, 1.165) is 18.6 Å². The summed E-state index contributed by atoms with van der Waals surface area (Å²) in [6.07, 6.45) is 7.98. The molecule has 2 aliphatic carbocycles. The molecule has 1 heterocycles. The molecule has 0 saturated heterocycles. The van der Waals surface area contributed by atoms with E-state index in [1.807, 2.05) is 26.2 Å². The number of carbonyl (C=O) groups is 1. The maximum Gasteiger partial charge on any atom is 0.334 e. The number of esters is 1. The van der Waals surface area contributed by atoms with Crippen LogP contribution in [0.3, 0.4) is 0 Å². The Morgan fingerprint density at radius 2 is 2.17 bits per heavy atom. The molecule has 3 rings (SSSR count). The number of furan rings is 1. The average Bonchev–Trinajstić information content (AvgIpc) is 2.88. The number of allylic oxidation sites excluding steroid dienone is 1. The summed E-state index contributed by atoms with van der Waals surface area (Å²) < 4.78 is 11.8. The summed E-state index contributed by atoms with van der Waals surface area (Å²) in [4.78, 5) is 12.4. The quantitative estimate of drug-likeness (QED) is 0.560. The summed E-state index contributed by atoms with van der Waals surface area (Å²) in [5.41, 5.74) is 3.27. The first-order chi connectivity index (χ1) is 10.9. The molecular formula is C20H28O3. The Labute approximate surface area is 139 Å². The van der Waals surface area contributed by atoms with Gasteiger partial charge in [-0.1, -0.05) is 32.8 Å². The van der Waals surface area contributed by atoms with Gasteiger partial charge in [0, 0.05) is 17.1 Å². The van der Waals surface area contributed by atoms with E-state index >= 15 is 0 Å². The Balaban J connectivity index is 2.02. The SMILES string of the molecule is CC=C(C)C(=O)O[C@@H]1c2occ(C)c2C[C@@]2(C)[C@H](C)CCC[C@H]12. The highest BCUT2D eigenvalue weighted by molar-refractivity contribution is 5.87. The standard InChI is InChI=1S/C20H28O3/c1-6-12(2)19(21)23-18-16-9-7-8-14(4)20(16,5)10-15-13(3)11-22-17(15)18/h6,11,14,16,18H,7-10H2,1-5H3/t14-,16-,18+,20+/m1/s1. The number of hydrogen-bond acceptors (Lipinski definition) is 3. The van der Waals surface area contributed by atoms with Crippen LogP contribution in [0.2, 0.25) is 0 Å². The molecule has 4 atom stereocenters. The minimum absolute atomic E-state index is 0.175. The second kappa shape index (κ2) is 5.85. The smallest absolute Gasteiger partial charge is 0.334 e. The van der Waals surface area contributed by atoms with Gasteiger partial charge in [0.15, 0.2) is 6.10 Å². The van der Waals surface area contributed by atoms with Crippen molar-refractivity contribution in [2.45, 2.75) is 66.4 Å². The van der Waals surface area contributed by atoms with Crippen LogP contribution in [0.15, 0.2) is 22.3 Å². The Kier molecular flexibility index (Phi) is 4.16. The van der Waals surface area contributed by atoms with Gasteiger partial charge in [-0.25, -0.2) is 4.79 Å². The lowest BCUT2D eigenvalue weighted by Crippen LogP contribution is -2.46. The summed E-state index contributed by atoms with van der Waals surface area (Å²) in [5, 5.41) is 0. The van der Waals surface area contributed by atoms with Gasteiger partial charge in [0.05, 0.1) is 6.26 Å². The van der Waals surface area contributed by atoms with Gasteiger partial charge in [0.1, 0.15) is 5.76 Å². The van der Waals surface area contributed by atoms with Crippen molar-refractivity contribution in [3.05, 3.63) is 34.8 Å². The lowest BCUT2D eigenvalue weighted by molar-refractivity contribution is -0.157. The van der Waals surface area contributed by atoms with Crippen molar-refractivity contribution in [2.24, 2.45) is 17.3 Å². The minimum Gasteiger partial charge on any atom is -0.465 e. The molecule has 1 saturated carbocycles. The zero-order valence-electron chi connectivity index (χ0n) is 14.9. The highest BCUT2D eigenvalue weighted by Gasteiger charge is 2.52. The van der Waals surface area contributed by atoms with Crippen LogP contribution in [0.25, 0.3) is 0 Å². The molecule has 0 unspecified atom stereocenters. The Morgan fingerprint density at radius 3 is 2.87 bits per heavy atom. The molecule has 3 nitrogen and oxygen atoms in total. The predicted molar refractivity (Wildman–Crippen MR) is 90.0 cm³/mol. The molecule has 1 aromatic heterocycles. The molecule has 1 fully saturated rings. The summed E-state index contributed by atoms with van der Waals surface area (Å²) in [6.45, 7) is 10.5. The van der Waals surface area contributed by atoms with Gasteiger partial charge < -0.3 is 9.15 Å². The molecule has 23 heavy (non-hydrogen) atoms. The van der Waals surface area contributed by atoms with Crippen molar-refractivity contribution >= 4 is 5.97 Å². The number of ether oxygens (including phenoxy) is 1. The van der Waals surface area contributed by atoms with Crippen molar-refractivity contribution in [1.82, 2.24) is 0 Å². The van der Waals surface area contributed by atoms with E-state index in [0.29, 0.717) is 17.4 Å². The van der Waals surface area contributed by atoms with Crippen molar-refractivity contribution in [1.29, 1.82) is 0 Å². The third-order valence-corrected chi connectivity index (χ3v) is 6.43. The van der Waals surface area contributed by atoms with Gasteiger partial charge in [-0.3, -0.25) is 0 Å². The molecule has 0 aromatic carbocycles. The van der Waals surface area contributed by atoms with E-state index in [1.54, 1.807) is 0 Å². The lowest BCUT2D eigenvalue weighted by Gasteiger charge is -2.51. The van der Waals surface area contributed by atoms with E-state index in [2.05, 4.69) is 20.8 Å². The van der Waals surface area contributed by atoms with Gasteiger partial charge in [0.2, 0.25) is 0 Å². The first-order valence-corrected chi connectivity index (χ1v) is 8.79. The minimum atomic E-state index is -0.248. The predicted octanol–water partition coefficient (Wildman–Crippen LogP) is 5.14. The largest absolute Gasteiger partial charge is 0.465 e. The number of rotatable bonds is 2. The maximum atomic E-state index is 12.4. The van der Waals surface area contributed by atoms with Crippen LogP contribution in [-0.4, -0.2) is 5.97 Å². The fourth-order valence-corrected chi connectivity index (χ4v) is 4.45. The fraction of sp³-hybridized carbons (Fsp3) is 0.650. The van der Waals surface area contributed by atoms with Crippen LogP contribution in [0, 0.1) is 24.2 Å². The molecule has 0 N–H and O–H groups in total. The molecule has 0 amide bonds. The normalized spacial score (nSPS) is 33.8.